The van der Waals surface area contributed by atoms with Gasteiger partial charge < -0.3 is 51.2 Å². The van der Waals surface area contributed by atoms with Gasteiger partial charge in [0.15, 0.2) is 0 Å². The number of fused-ring (bicyclic) bond motifs is 2. The molecule has 664 valence electrons. The van der Waals surface area contributed by atoms with E-state index in [1.165, 1.54) is 45.2 Å². The van der Waals surface area contributed by atoms with Gasteiger partial charge in [-0.2, -0.15) is 5.10 Å². The van der Waals surface area contributed by atoms with Gasteiger partial charge in [-0.25, -0.2) is 9.97 Å². The summed E-state index contributed by atoms with van der Waals surface area (Å²) in [6.07, 6.45) is 23.1. The molecule has 4 saturated carbocycles. The molecule has 4 aromatic heterocycles. The van der Waals surface area contributed by atoms with Crippen LogP contribution in [0, 0.1) is 61.2 Å². The van der Waals surface area contributed by atoms with E-state index in [-0.39, 0.29) is 65.0 Å². The summed E-state index contributed by atoms with van der Waals surface area (Å²) in [5, 5.41) is 59.1. The molecule has 4 fully saturated rings. The summed E-state index contributed by atoms with van der Waals surface area (Å²) in [6.45, 7) is 7.53. The maximum Gasteiger partial charge on any atom is 0.254 e. The van der Waals surface area contributed by atoms with Crippen LogP contribution in [-0.2, 0) is 57.7 Å². The molecular weight excluding hydrogens is 1600 g/mol. The number of H-pyrrole nitrogens is 1. The quantitative estimate of drug-likeness (QED) is 0.0244. The second kappa shape index (κ2) is 43.0. The van der Waals surface area contributed by atoms with E-state index in [2.05, 4.69) is 89.8 Å². The number of amides is 4. The molecule has 2 aliphatic heterocycles. The van der Waals surface area contributed by atoms with Gasteiger partial charge in [0, 0.05) is 71.3 Å². The van der Waals surface area contributed by atoms with Crippen molar-refractivity contribution in [2.45, 2.75) is 205 Å². The number of benzene rings is 8. The highest BCUT2D eigenvalue weighted by Gasteiger charge is 2.37. The lowest BCUT2D eigenvalue weighted by Gasteiger charge is -2.19. The van der Waals surface area contributed by atoms with Gasteiger partial charge in [-0.05, 0) is 302 Å². The smallest absolute Gasteiger partial charge is 0.254 e. The second-order valence-electron chi connectivity index (χ2n) is 36.4. The van der Waals surface area contributed by atoms with Crippen LogP contribution in [0.25, 0.3) is 0 Å². The van der Waals surface area contributed by atoms with Crippen LogP contribution in [0.1, 0.15) is 225 Å². The van der Waals surface area contributed by atoms with Crippen LogP contribution in [0.15, 0.2) is 277 Å². The van der Waals surface area contributed by atoms with Crippen LogP contribution in [0.5, 0.6) is 0 Å². The first-order valence-corrected chi connectivity index (χ1v) is 46.0. The van der Waals surface area contributed by atoms with Crippen LogP contribution in [-0.4, -0.2) is 77.9 Å². The molecule has 2 unspecified atom stereocenters. The van der Waals surface area contributed by atoms with Crippen molar-refractivity contribution < 1.29 is 39.6 Å². The van der Waals surface area contributed by atoms with E-state index in [0.29, 0.717) is 78.3 Å². The lowest BCUT2D eigenvalue weighted by Crippen LogP contribution is -2.31. The topological polar surface area (TPSA) is 301 Å². The van der Waals surface area contributed by atoms with Gasteiger partial charge in [-0.15, -0.1) is 0 Å². The van der Waals surface area contributed by atoms with Gasteiger partial charge in [-0.1, -0.05) is 176 Å². The van der Waals surface area contributed by atoms with Gasteiger partial charge in [0.2, 0.25) is 23.6 Å². The molecule has 0 radical (unpaired) electrons. The average molecular weight is 1720 g/mol. The summed E-state index contributed by atoms with van der Waals surface area (Å²) in [5.41, 5.74) is 14.6. The molecule has 18 rings (SSSR count). The van der Waals surface area contributed by atoms with E-state index in [4.69, 9.17) is 0 Å². The molecule has 0 bridgehead atoms. The Balaban J connectivity index is 0.000000131. The molecule has 21 nitrogen and oxygen atoms in total. The van der Waals surface area contributed by atoms with E-state index in [1.807, 2.05) is 216 Å². The normalized spacial score (nSPS) is 21.5. The number of carbonyl (C=O) groups excluding carboxylic acids is 4. The number of rotatable bonds is 26. The largest absolute Gasteiger partial charge is 0.388 e. The molecule has 0 spiro atoms. The van der Waals surface area contributed by atoms with Crippen LogP contribution in [0.3, 0.4) is 0 Å². The Hall–Kier alpha value is -12.3. The molecule has 0 saturated heterocycles. The fourth-order valence-corrected chi connectivity index (χ4v) is 20.1. The predicted molar refractivity (Wildman–Crippen MR) is 501 cm³/mol. The lowest BCUT2D eigenvalue weighted by molar-refractivity contribution is -0.119. The predicted octanol–water partition coefficient (Wildman–Crippen LogP) is 19.0. The van der Waals surface area contributed by atoms with Gasteiger partial charge >= 0.3 is 0 Å². The summed E-state index contributed by atoms with van der Waals surface area (Å²) >= 11 is 0. The minimum atomic E-state index is -0.507. The van der Waals surface area contributed by atoms with Gasteiger partial charge in [0.25, 0.3) is 11.1 Å². The second-order valence-corrected chi connectivity index (χ2v) is 36.4. The molecular formula is C107H121N11O10. The minimum Gasteiger partial charge on any atom is -0.388 e. The molecule has 4 amide bonds. The first-order chi connectivity index (χ1) is 62.1. The number of aromatic nitrogens is 7. The third-order valence-electron chi connectivity index (χ3n) is 27.3. The number of hydrogen-bond acceptors (Lipinski definition) is 13. The van der Waals surface area contributed by atoms with Crippen molar-refractivity contribution in [3.8, 4) is 0 Å². The van der Waals surface area contributed by atoms with E-state index in [9.17, 15) is 49.2 Å². The Morgan fingerprint density at radius 2 is 0.766 bits per heavy atom. The molecule has 16 atom stereocenters. The van der Waals surface area contributed by atoms with Gasteiger partial charge in [0.1, 0.15) is 29.8 Å². The van der Waals surface area contributed by atoms with E-state index in [0.717, 1.165) is 171 Å². The highest BCUT2D eigenvalue weighted by atomic mass is 16.3. The molecule has 21 heteroatoms. The van der Waals surface area contributed by atoms with Crippen molar-refractivity contribution in [1.82, 2.24) is 33.9 Å². The Labute approximate surface area is 750 Å². The van der Waals surface area contributed by atoms with Crippen molar-refractivity contribution in [2.24, 2.45) is 47.3 Å². The molecule has 6 heterocycles. The number of pyridine rings is 1. The van der Waals surface area contributed by atoms with Crippen molar-refractivity contribution in [3.63, 3.8) is 0 Å². The Morgan fingerprint density at radius 3 is 1.14 bits per heavy atom. The molecule has 8 aromatic carbocycles. The minimum absolute atomic E-state index is 0.0735. The number of nitrogens with one attached hydrogen (secondary N) is 5. The van der Waals surface area contributed by atoms with Crippen molar-refractivity contribution in [1.29, 1.82) is 0 Å². The standard InChI is InChI=1S/C28H30N2O3.C27H29N3O3.2C26H31N3O2/c31-26-8-4-7-24-15-16-25(30(24)26)28(33)29-23-13-10-19(11-14-23)17-20-9-12-22(18-20)27(32)21-5-2-1-3-6-21;31-25-14-15-28-24-13-12-23(30(24)25)27(33)29-22-10-7-18(8-11-22)16-19-6-9-21(17-19)26(32)20-4-2-1-3-5-20;1-17-16-27-25(28-17)18(2)26(31)29-23-12-9-19(10-13-23)14-20-8-11-22(15-20)24(30)21-6-4-3-5-7-21;1-18-14-15-29(28-18)19(2)26(31)27-24-12-9-20(10-13-24)16-21-8-11-23(17-21)25(30)22-6-4-3-5-7-22/h1-8,10-11,13-14,20,22,25,27,32H,9,12,15-18H2,(H,29,33);1-5,7-8,10-11,14-15,19,21,23,26,32H,6,9,12-13,16-17H2,(H,29,33);3-7,9-10,12-13,16,18,20,22,24,30H,8,11,14-15H2,1-2H3,(H,27,28)(H,29,31);3-7,9-10,12-15,19,21,23,25,30H,8,11,16-17H2,1-2H3,(H,27,31)/t20-,22-,25-,27+;19-,21-,23-,26+;18?,20-,22-,24+;19?,21-,23-,25+/m0000/s1. The van der Waals surface area contributed by atoms with Crippen molar-refractivity contribution in [2.75, 3.05) is 21.3 Å². The lowest BCUT2D eigenvalue weighted by atomic mass is 9.91. The zero-order valence-corrected chi connectivity index (χ0v) is 73.7. The van der Waals surface area contributed by atoms with E-state index >= 15 is 0 Å². The monoisotopic (exact) mass is 1720 g/mol. The SMILES string of the molecule is Cc1ccn(C(C)C(=O)Nc2ccc(C[C@@H]3CC[C@H]([C@H](O)c4ccccc4)C3)cc2)n1.Cc1cnc(C(C)C(=O)Nc2ccc(C[C@@H]3CC[C@H]([C@H](O)c4ccccc4)C3)cc2)[nH]1.O=C(Nc1ccc(C[C@@H]2CC[C@H]([C@H](O)c3ccccc3)C2)cc1)[C@@H]1CCc2cccc(=O)n21.O=C(Nc1ccc(C[C@@H]2CC[C@H]([C@H](O)c3ccccc3)C2)cc1)[C@@H]1CCc2nccc(=O)n21. The number of aliphatic hydroxyl groups excluding tert-OH is 4. The summed E-state index contributed by atoms with van der Waals surface area (Å²) < 4.78 is 4.80. The number of hydrogen-bond donors (Lipinski definition) is 9. The zero-order chi connectivity index (χ0) is 89.2. The summed E-state index contributed by atoms with van der Waals surface area (Å²) in [5.74, 6) is 4.14. The number of imidazole rings is 1. The third kappa shape index (κ3) is 23.6. The maximum atomic E-state index is 12.8. The van der Waals surface area contributed by atoms with Crippen molar-refractivity contribution in [3.05, 3.63) is 361 Å². The first-order valence-electron chi connectivity index (χ1n) is 46.0. The molecule has 9 N–H and O–H groups in total. The average Bonchev–Trinajstić information content (AvgIpc) is 1.66. The van der Waals surface area contributed by atoms with Gasteiger partial charge in [-0.3, -0.25) is 38.0 Å². The summed E-state index contributed by atoms with van der Waals surface area (Å²) in [4.78, 5) is 86.6. The van der Waals surface area contributed by atoms with Crippen LogP contribution in [0.2, 0.25) is 0 Å². The number of aryl methyl sites for hydroxylation is 4. The van der Waals surface area contributed by atoms with Crippen LogP contribution in [0.4, 0.5) is 22.7 Å². The fraction of sp³-hybridized carbons (Fsp3) is 0.374. The highest BCUT2D eigenvalue weighted by Crippen LogP contribution is 2.45. The number of nitrogens with zero attached hydrogens (tertiary/aromatic N) is 6. The zero-order valence-electron chi connectivity index (χ0n) is 73.7. The number of carbonyl (C=O) groups is 4. The number of aliphatic hydroxyl groups is 4. The van der Waals surface area contributed by atoms with Gasteiger partial charge in [0.05, 0.1) is 36.0 Å². The number of aromatic amines is 1. The first kappa shape index (κ1) is 90.5. The Morgan fingerprint density at radius 1 is 0.398 bits per heavy atom. The molecule has 4 aliphatic carbocycles. The molecule has 12 aromatic rings. The third-order valence-corrected chi connectivity index (χ3v) is 27.3. The Kier molecular flexibility index (Phi) is 30.4. The fourth-order valence-electron chi connectivity index (χ4n) is 20.1. The van der Waals surface area contributed by atoms with Crippen molar-refractivity contribution >= 4 is 46.4 Å². The Bertz CT molecular complexity index is 5400. The maximum absolute atomic E-state index is 12.8. The number of anilines is 4. The van der Waals surface area contributed by atoms with Crippen LogP contribution >= 0.6 is 0 Å². The van der Waals surface area contributed by atoms with E-state index in [1.54, 1.807) is 21.5 Å². The van der Waals surface area contributed by atoms with E-state index < -0.39 is 18.2 Å². The van der Waals surface area contributed by atoms with Crippen LogP contribution < -0.4 is 32.4 Å². The summed E-state index contributed by atoms with van der Waals surface area (Å²) in [6, 6.07) is 79.3. The molecule has 6 aliphatic rings. The highest BCUT2D eigenvalue weighted by molar-refractivity contribution is 5.96. The molecule has 128 heavy (non-hydrogen) atoms. The summed E-state index contributed by atoms with van der Waals surface area (Å²) in [7, 11) is 0.